The SMILES string of the molecule is CCCCOc1ccc(C(=O)Oc2c(C)c3c4c5c2C(=O)C(=C(N2CCCCC2)C5=O)NC(=O)/C(C)=C\C=C\C(C)C(O)C(C)C(O)C(C)C(OC(C)=O)C(C)C(OC)/C=C/OC(C)(O3)C4=O)cc1. The van der Waals surface area contributed by atoms with Crippen LogP contribution >= 0.6 is 0 Å². The third-order valence-corrected chi connectivity index (χ3v) is 13.6. The number of ether oxygens (including phenoxy) is 6. The standard InChI is InChI=1S/C53H66N2O14/c1-11-12-26-65-36-21-19-35(20-22-36)52(63)68-48-33(7)49-40-38-39(48)45(59)41(42(46(38)60)55-24-14-13-15-25-55)54-51(62)29(3)18-16-17-28(2)43(57)31(5)44(58)32(6)47(67-34(8)56)30(4)37(64-10)23-27-66-53(9,69-49)50(40)61/h16-23,27-28,30-32,37,43-44,47,57-58H,11-15,24-26H2,1-10H3,(H,54,62)/b17-16+,27-23+,29-18-. The zero-order valence-electron chi connectivity index (χ0n) is 41.2. The molecule has 0 saturated carbocycles. The van der Waals surface area contributed by atoms with Crippen molar-refractivity contribution in [1.82, 2.24) is 10.2 Å². The number of Topliss-reactive ketones (excluding diaryl/α,β-unsaturated/α-hetero) is 3. The van der Waals surface area contributed by atoms with Crippen LogP contribution in [0.4, 0.5) is 0 Å². The third-order valence-electron chi connectivity index (χ3n) is 13.6. The number of hydrogen-bond acceptors (Lipinski definition) is 15. The molecular formula is C53H66N2O14. The number of rotatable bonds is 9. The van der Waals surface area contributed by atoms with E-state index >= 15 is 9.59 Å². The van der Waals surface area contributed by atoms with E-state index in [9.17, 15) is 29.4 Å². The zero-order valence-corrected chi connectivity index (χ0v) is 41.2. The molecule has 4 aliphatic heterocycles. The number of nitrogens with zero attached hydrogens (tertiary/aromatic N) is 1. The molecule has 1 amide bonds. The number of carbonyl (C=O) groups is 6. The molecule has 1 aliphatic carbocycles. The first-order valence-corrected chi connectivity index (χ1v) is 23.8. The second-order valence-electron chi connectivity index (χ2n) is 18.7. The fourth-order valence-corrected chi connectivity index (χ4v) is 9.38. The van der Waals surface area contributed by atoms with Gasteiger partial charge in [0.1, 0.15) is 34.7 Å². The van der Waals surface area contributed by atoms with E-state index < -0.39 is 94.6 Å². The lowest BCUT2D eigenvalue weighted by molar-refractivity contribution is -0.160. The second-order valence-corrected chi connectivity index (χ2v) is 18.7. The number of piperidine rings is 1. The van der Waals surface area contributed by atoms with Crippen molar-refractivity contribution in [3.8, 4) is 17.2 Å². The molecule has 69 heavy (non-hydrogen) atoms. The Hall–Kier alpha value is -6.10. The fraction of sp³-hybridized carbons (Fsp3) is 0.509. The molecule has 1 fully saturated rings. The van der Waals surface area contributed by atoms with E-state index in [-0.39, 0.29) is 50.7 Å². The number of benzene rings is 2. The van der Waals surface area contributed by atoms with Crippen LogP contribution in [-0.2, 0) is 23.8 Å². The monoisotopic (exact) mass is 954 g/mol. The Balaban J connectivity index is 1.53. The Morgan fingerprint density at radius 1 is 0.884 bits per heavy atom. The van der Waals surface area contributed by atoms with Gasteiger partial charge in [0.2, 0.25) is 11.6 Å². The molecule has 3 N–H and O–H groups in total. The van der Waals surface area contributed by atoms with Crippen molar-refractivity contribution in [1.29, 1.82) is 0 Å². The van der Waals surface area contributed by atoms with Gasteiger partial charge in [-0.2, -0.15) is 0 Å². The molecule has 5 aliphatic rings. The number of likely N-dealkylation sites (tertiary alicyclic amines) is 1. The summed E-state index contributed by atoms with van der Waals surface area (Å²) in [5.74, 6) is -9.39. The van der Waals surface area contributed by atoms with Gasteiger partial charge in [-0.25, -0.2) is 4.79 Å². The van der Waals surface area contributed by atoms with Crippen molar-refractivity contribution in [3.05, 3.63) is 99.6 Å². The molecule has 16 nitrogen and oxygen atoms in total. The van der Waals surface area contributed by atoms with Gasteiger partial charge in [-0.1, -0.05) is 59.3 Å². The van der Waals surface area contributed by atoms with Crippen LogP contribution in [0.25, 0.3) is 0 Å². The zero-order chi connectivity index (χ0) is 50.5. The Bertz CT molecular complexity index is 2450. The van der Waals surface area contributed by atoms with Gasteiger partial charge >= 0.3 is 17.7 Å². The summed E-state index contributed by atoms with van der Waals surface area (Å²) in [5.41, 5.74) is -1.25. The molecule has 9 atom stereocenters. The summed E-state index contributed by atoms with van der Waals surface area (Å²) >= 11 is 0. The van der Waals surface area contributed by atoms with Crippen LogP contribution < -0.4 is 19.5 Å². The van der Waals surface area contributed by atoms with Crippen LogP contribution in [0.5, 0.6) is 17.2 Å². The number of carbonyl (C=O) groups excluding carboxylic acids is 6. The smallest absolute Gasteiger partial charge is 0.343 e. The van der Waals surface area contributed by atoms with E-state index in [2.05, 4.69) is 5.32 Å². The van der Waals surface area contributed by atoms with Crippen LogP contribution in [-0.4, -0.2) is 107 Å². The molecule has 5 bridgehead atoms. The van der Waals surface area contributed by atoms with Gasteiger partial charge in [-0.05, 0) is 69.9 Å². The second kappa shape index (κ2) is 22.1. The number of methoxy groups -OCH3 is 1. The van der Waals surface area contributed by atoms with E-state index in [1.165, 1.54) is 65.4 Å². The van der Waals surface area contributed by atoms with E-state index in [1.54, 1.807) is 56.9 Å². The lowest BCUT2D eigenvalue weighted by Crippen LogP contribution is -2.46. The molecule has 7 rings (SSSR count). The van der Waals surface area contributed by atoms with Gasteiger partial charge in [-0.15, -0.1) is 0 Å². The molecule has 2 aromatic rings. The minimum absolute atomic E-state index is 0.0342. The number of hydrogen-bond donors (Lipinski definition) is 3. The van der Waals surface area contributed by atoms with Crippen LogP contribution in [0.3, 0.4) is 0 Å². The summed E-state index contributed by atoms with van der Waals surface area (Å²) in [4.78, 5) is 87.9. The molecule has 372 valence electrons. The molecule has 4 heterocycles. The maximum atomic E-state index is 15.3. The van der Waals surface area contributed by atoms with E-state index in [1.807, 2.05) is 6.92 Å². The maximum absolute atomic E-state index is 15.3. The van der Waals surface area contributed by atoms with E-state index in [0.29, 0.717) is 38.3 Å². The summed E-state index contributed by atoms with van der Waals surface area (Å²) in [7, 11) is 1.43. The number of unbranched alkanes of at least 4 members (excludes halogenated alkanes) is 1. The molecule has 0 aromatic heterocycles. The third kappa shape index (κ3) is 10.9. The van der Waals surface area contributed by atoms with Crippen molar-refractivity contribution in [3.63, 3.8) is 0 Å². The van der Waals surface area contributed by atoms with E-state index in [0.717, 1.165) is 19.3 Å². The number of amides is 1. The molecule has 16 heteroatoms. The van der Waals surface area contributed by atoms with Gasteiger partial charge in [-0.3, -0.25) is 24.0 Å². The minimum atomic E-state index is -2.15. The van der Waals surface area contributed by atoms with Crippen molar-refractivity contribution in [2.24, 2.45) is 23.7 Å². The highest BCUT2D eigenvalue weighted by molar-refractivity contribution is 6.32. The predicted octanol–water partition coefficient (Wildman–Crippen LogP) is 7.14. The van der Waals surface area contributed by atoms with Gasteiger partial charge < -0.3 is 48.9 Å². The fourth-order valence-electron chi connectivity index (χ4n) is 9.38. The highest BCUT2D eigenvalue weighted by atomic mass is 16.7. The van der Waals surface area contributed by atoms with Gasteiger partial charge in [0.25, 0.3) is 11.7 Å². The summed E-state index contributed by atoms with van der Waals surface area (Å²) < 4.78 is 35.9. The molecular weight excluding hydrogens is 889 g/mol. The molecule has 0 radical (unpaired) electrons. The lowest BCUT2D eigenvalue weighted by atomic mass is 9.78. The highest BCUT2D eigenvalue weighted by Crippen LogP contribution is 2.50. The number of aliphatic hydroxyl groups is 2. The first kappa shape index (κ1) is 52.3. The first-order chi connectivity index (χ1) is 32.8. The van der Waals surface area contributed by atoms with Crippen molar-refractivity contribution >= 4 is 35.2 Å². The van der Waals surface area contributed by atoms with Gasteiger partial charge in [0, 0.05) is 68.9 Å². The summed E-state index contributed by atoms with van der Waals surface area (Å²) in [6, 6.07) is 6.24. The molecule has 9 unspecified atom stereocenters. The number of allylic oxidation sites excluding steroid dienone is 4. The average molecular weight is 955 g/mol. The van der Waals surface area contributed by atoms with Crippen LogP contribution in [0.15, 0.2) is 71.8 Å². The molecule has 0 spiro atoms. The number of fused-ring (bicyclic) bond motifs is 14. The Morgan fingerprint density at radius 2 is 1.57 bits per heavy atom. The highest BCUT2D eigenvalue weighted by Gasteiger charge is 2.53. The lowest BCUT2D eigenvalue weighted by Gasteiger charge is -2.38. The Kier molecular flexibility index (Phi) is 16.8. The maximum Gasteiger partial charge on any atom is 0.343 e. The van der Waals surface area contributed by atoms with Gasteiger partial charge in [0.05, 0.1) is 53.4 Å². The van der Waals surface area contributed by atoms with Crippen LogP contribution in [0.1, 0.15) is 134 Å². The molecule has 1 saturated heterocycles. The Labute approximate surface area is 403 Å². The summed E-state index contributed by atoms with van der Waals surface area (Å²) in [6.45, 7) is 15.8. The number of aliphatic hydroxyl groups excluding tert-OH is 2. The summed E-state index contributed by atoms with van der Waals surface area (Å²) in [5, 5.41) is 25.8. The van der Waals surface area contributed by atoms with Crippen molar-refractivity contribution in [2.45, 2.75) is 125 Å². The quantitative estimate of drug-likeness (QED) is 0.130. The van der Waals surface area contributed by atoms with Crippen molar-refractivity contribution < 1.29 is 67.4 Å². The predicted molar refractivity (Wildman–Crippen MR) is 254 cm³/mol. The van der Waals surface area contributed by atoms with Crippen LogP contribution in [0.2, 0.25) is 0 Å². The number of ketones is 3. The minimum Gasteiger partial charge on any atom is -0.494 e. The molecule has 2 aromatic carbocycles. The Morgan fingerprint density at radius 3 is 2.20 bits per heavy atom. The van der Waals surface area contributed by atoms with Crippen LogP contribution in [0, 0.1) is 30.6 Å². The largest absolute Gasteiger partial charge is 0.494 e. The first-order valence-electron chi connectivity index (χ1n) is 23.8. The topological polar surface area (TPSA) is 214 Å². The van der Waals surface area contributed by atoms with Crippen molar-refractivity contribution in [2.75, 3.05) is 26.8 Å². The van der Waals surface area contributed by atoms with Gasteiger partial charge in [0.15, 0.2) is 0 Å². The average Bonchev–Trinajstić information content (AvgIpc) is 3.60. The van der Waals surface area contributed by atoms with E-state index in [4.69, 9.17) is 28.4 Å². The number of esters is 2. The number of nitrogens with one attached hydrogen (secondary N) is 1. The summed E-state index contributed by atoms with van der Waals surface area (Å²) in [6.07, 6.45) is 7.39. The normalized spacial score (nSPS) is 29.6.